The Morgan fingerprint density at radius 1 is 0.778 bits per heavy atom. The molecule has 27 heavy (non-hydrogen) atoms. The van der Waals surface area contributed by atoms with Crippen molar-refractivity contribution in [2.24, 2.45) is 0 Å². The number of aromatic hydroxyl groups is 3. The van der Waals surface area contributed by atoms with Crippen LogP contribution in [0.4, 0.5) is 0 Å². The van der Waals surface area contributed by atoms with Gasteiger partial charge >= 0.3 is 0 Å². The second-order valence-electron chi connectivity index (χ2n) is 7.74. The van der Waals surface area contributed by atoms with Crippen LogP contribution in [-0.2, 0) is 6.61 Å². The number of rotatable bonds is 3. The van der Waals surface area contributed by atoms with E-state index in [0.29, 0.717) is 11.5 Å². The minimum Gasteiger partial charge on any atom is -0.508 e. The molecule has 4 heteroatoms. The second-order valence-corrected chi connectivity index (χ2v) is 7.74. The minimum atomic E-state index is -0.177. The predicted molar refractivity (Wildman–Crippen MR) is 106 cm³/mol. The van der Waals surface area contributed by atoms with Crippen LogP contribution in [0.3, 0.4) is 0 Å². The van der Waals surface area contributed by atoms with E-state index < -0.39 is 0 Å². The first-order valence-corrected chi connectivity index (χ1v) is 10.0. The lowest BCUT2D eigenvalue weighted by Crippen LogP contribution is -1.97. The molecule has 0 spiro atoms. The summed E-state index contributed by atoms with van der Waals surface area (Å²) in [6, 6.07) is 10.5. The highest BCUT2D eigenvalue weighted by Gasteiger charge is 2.29. The Morgan fingerprint density at radius 3 is 2.11 bits per heavy atom. The molecule has 0 aromatic heterocycles. The summed E-state index contributed by atoms with van der Waals surface area (Å²) in [7, 11) is 0. The zero-order valence-electron chi connectivity index (χ0n) is 15.8. The topological polar surface area (TPSA) is 80.9 Å². The first-order chi connectivity index (χ1) is 13.1. The molecular formula is C23H30O4. The molecule has 2 aliphatic rings. The molecule has 0 heterocycles. The third-order valence-electron chi connectivity index (χ3n) is 5.91. The number of aliphatic hydroxyl groups is 1. The predicted octanol–water partition coefficient (Wildman–Crippen LogP) is 5.30. The smallest absolute Gasteiger partial charge is 0.160 e. The molecule has 2 aliphatic carbocycles. The van der Waals surface area contributed by atoms with Crippen molar-refractivity contribution < 1.29 is 20.4 Å². The molecule has 0 bridgehead atoms. The number of phenolic OH excluding ortho intramolecular Hbond substituents is 2. The molecular weight excluding hydrogens is 340 g/mol. The van der Waals surface area contributed by atoms with Crippen LogP contribution in [0.25, 0.3) is 0 Å². The SMILES string of the molecule is C1CCCC1.OCc1cc(C2CCC(c3cccc(O)c3O)C2)ccc1O. The Balaban J connectivity index is 0.000000364. The standard InChI is InChI=1S/C18H20O4.C5H10/c19-10-14-9-12(6-7-16(14)20)11-4-5-13(8-11)15-2-1-3-17(21)18(15)22;1-2-4-5-3-1/h1-3,6-7,9,11,13,19-22H,4-5,8,10H2;1-5H2. The Labute approximate surface area is 161 Å². The van der Waals surface area contributed by atoms with E-state index in [2.05, 4.69) is 0 Å². The zero-order valence-corrected chi connectivity index (χ0v) is 15.8. The summed E-state index contributed by atoms with van der Waals surface area (Å²) in [5, 5.41) is 38.6. The lowest BCUT2D eigenvalue weighted by atomic mass is 9.91. The van der Waals surface area contributed by atoms with Gasteiger partial charge in [-0.2, -0.15) is 0 Å². The van der Waals surface area contributed by atoms with Crippen LogP contribution >= 0.6 is 0 Å². The fraction of sp³-hybridized carbons (Fsp3) is 0.478. The maximum atomic E-state index is 10.0. The van der Waals surface area contributed by atoms with Crippen LogP contribution in [0.2, 0.25) is 0 Å². The molecule has 2 fully saturated rings. The first kappa shape index (κ1) is 19.6. The average Bonchev–Trinajstić information content (AvgIpc) is 3.39. The van der Waals surface area contributed by atoms with Crippen molar-refractivity contribution in [1.82, 2.24) is 0 Å². The van der Waals surface area contributed by atoms with Gasteiger partial charge in [0.25, 0.3) is 0 Å². The lowest BCUT2D eigenvalue weighted by Gasteiger charge is -2.15. The summed E-state index contributed by atoms with van der Waals surface area (Å²) in [4.78, 5) is 0. The molecule has 4 rings (SSSR count). The monoisotopic (exact) mass is 370 g/mol. The van der Waals surface area contributed by atoms with Crippen molar-refractivity contribution in [3.8, 4) is 17.2 Å². The largest absolute Gasteiger partial charge is 0.508 e. The molecule has 0 radical (unpaired) electrons. The van der Waals surface area contributed by atoms with Crippen molar-refractivity contribution in [2.75, 3.05) is 0 Å². The van der Waals surface area contributed by atoms with Gasteiger partial charge < -0.3 is 20.4 Å². The van der Waals surface area contributed by atoms with Crippen molar-refractivity contribution in [2.45, 2.75) is 69.8 Å². The van der Waals surface area contributed by atoms with Crippen molar-refractivity contribution >= 4 is 0 Å². The number of hydrogen-bond acceptors (Lipinski definition) is 4. The maximum Gasteiger partial charge on any atom is 0.160 e. The van der Waals surface area contributed by atoms with Gasteiger partial charge in [-0.25, -0.2) is 0 Å². The average molecular weight is 370 g/mol. The van der Waals surface area contributed by atoms with Gasteiger partial charge in [-0.05, 0) is 54.9 Å². The number of benzene rings is 2. The Kier molecular flexibility index (Phi) is 6.62. The zero-order chi connectivity index (χ0) is 19.2. The first-order valence-electron chi connectivity index (χ1n) is 10.0. The van der Waals surface area contributed by atoms with Crippen LogP contribution in [0, 0.1) is 0 Å². The Hall–Kier alpha value is -2.20. The molecule has 2 saturated carbocycles. The Morgan fingerprint density at radius 2 is 1.44 bits per heavy atom. The highest BCUT2D eigenvalue weighted by atomic mass is 16.3. The summed E-state index contributed by atoms with van der Waals surface area (Å²) in [5.41, 5.74) is 2.44. The van der Waals surface area contributed by atoms with Gasteiger partial charge in [-0.15, -0.1) is 0 Å². The van der Waals surface area contributed by atoms with E-state index in [1.807, 2.05) is 18.2 Å². The van der Waals surface area contributed by atoms with Gasteiger partial charge in [0.15, 0.2) is 11.5 Å². The fourth-order valence-electron chi connectivity index (χ4n) is 4.31. The highest BCUT2D eigenvalue weighted by Crippen LogP contribution is 2.47. The Bertz CT molecular complexity index is 744. The quantitative estimate of drug-likeness (QED) is 0.553. The summed E-state index contributed by atoms with van der Waals surface area (Å²) >= 11 is 0. The number of hydrogen-bond donors (Lipinski definition) is 4. The van der Waals surface area contributed by atoms with E-state index in [0.717, 1.165) is 30.4 Å². The van der Waals surface area contributed by atoms with Gasteiger partial charge in [-0.3, -0.25) is 0 Å². The number of para-hydroxylation sites is 1. The third kappa shape index (κ3) is 4.75. The normalized spacial score (nSPS) is 21.7. The van der Waals surface area contributed by atoms with Gasteiger partial charge in [0.2, 0.25) is 0 Å². The highest BCUT2D eigenvalue weighted by molar-refractivity contribution is 5.47. The van der Waals surface area contributed by atoms with E-state index in [9.17, 15) is 20.4 Å². The fourth-order valence-corrected chi connectivity index (χ4v) is 4.31. The van der Waals surface area contributed by atoms with Crippen molar-refractivity contribution in [3.05, 3.63) is 53.1 Å². The van der Waals surface area contributed by atoms with E-state index in [1.165, 1.54) is 38.2 Å². The maximum absolute atomic E-state index is 10.0. The summed E-state index contributed by atoms with van der Waals surface area (Å²) in [6.45, 7) is -0.177. The van der Waals surface area contributed by atoms with E-state index in [1.54, 1.807) is 12.1 Å². The van der Waals surface area contributed by atoms with Crippen LogP contribution in [0.1, 0.15) is 79.9 Å². The molecule has 0 aliphatic heterocycles. The van der Waals surface area contributed by atoms with E-state index in [-0.39, 0.29) is 29.8 Å². The molecule has 0 amide bonds. The number of aliphatic hydroxyl groups excluding tert-OH is 1. The number of phenols is 3. The summed E-state index contributed by atoms with van der Waals surface area (Å²) < 4.78 is 0. The van der Waals surface area contributed by atoms with Gasteiger partial charge in [-0.1, -0.05) is 50.3 Å². The molecule has 2 unspecified atom stereocenters. The molecule has 2 atom stereocenters. The molecule has 0 saturated heterocycles. The van der Waals surface area contributed by atoms with E-state index >= 15 is 0 Å². The minimum absolute atomic E-state index is 0.0186. The lowest BCUT2D eigenvalue weighted by molar-refractivity contribution is 0.275. The molecule has 146 valence electrons. The second kappa shape index (κ2) is 9.14. The van der Waals surface area contributed by atoms with Crippen molar-refractivity contribution in [3.63, 3.8) is 0 Å². The summed E-state index contributed by atoms with van der Waals surface area (Å²) in [6.07, 6.45) is 10.3. The van der Waals surface area contributed by atoms with Crippen LogP contribution in [0.5, 0.6) is 17.2 Å². The van der Waals surface area contributed by atoms with Crippen molar-refractivity contribution in [1.29, 1.82) is 0 Å². The molecule has 4 nitrogen and oxygen atoms in total. The van der Waals surface area contributed by atoms with Crippen LogP contribution in [0.15, 0.2) is 36.4 Å². The summed E-state index contributed by atoms with van der Waals surface area (Å²) in [5.74, 6) is 0.565. The third-order valence-corrected chi connectivity index (χ3v) is 5.91. The molecule has 2 aromatic rings. The van der Waals surface area contributed by atoms with Crippen LogP contribution < -0.4 is 0 Å². The van der Waals surface area contributed by atoms with E-state index in [4.69, 9.17) is 0 Å². The molecule has 4 N–H and O–H groups in total. The van der Waals surface area contributed by atoms with Gasteiger partial charge in [0, 0.05) is 11.1 Å². The van der Waals surface area contributed by atoms with Crippen LogP contribution in [-0.4, -0.2) is 20.4 Å². The molecule has 2 aromatic carbocycles. The van der Waals surface area contributed by atoms with Gasteiger partial charge in [0.05, 0.1) is 6.61 Å². The van der Waals surface area contributed by atoms with Gasteiger partial charge in [0.1, 0.15) is 5.75 Å².